The Morgan fingerprint density at radius 1 is 2.00 bits per heavy atom. The van der Waals surface area contributed by atoms with Crippen LogP contribution in [0.4, 0.5) is 0 Å². The molecule has 0 aromatic rings. The number of terminal acetylenes is 1. The predicted molar refractivity (Wildman–Crippen MR) is 25.2 cm³/mol. The Balaban J connectivity index is 3.61. The number of rotatable bonds is 0. The van der Waals surface area contributed by atoms with Crippen molar-refractivity contribution in [3.05, 3.63) is 11.8 Å². The molecule has 0 bridgehead atoms. The molecule has 0 heterocycles. The summed E-state index contributed by atoms with van der Waals surface area (Å²) in [4.78, 5) is 0. The molecule has 0 fully saturated rings. The van der Waals surface area contributed by atoms with Gasteiger partial charge in [-0.1, -0.05) is 0 Å². The summed E-state index contributed by atoms with van der Waals surface area (Å²) < 4.78 is 0. The first-order valence-corrected chi connectivity index (χ1v) is 1.63. The average Bonchev–Trinajstić information content (AvgIpc) is 1.65. The number of allylic oxidation sites excluding steroid dienone is 2. The summed E-state index contributed by atoms with van der Waals surface area (Å²) in [7, 11) is 0. The molecule has 0 spiro atoms. The lowest BCUT2D eigenvalue weighted by molar-refractivity contribution is 0.437. The fourth-order valence-electron chi connectivity index (χ4n) is 0.0833. The maximum Gasteiger partial charge on any atom is 0.162 e. The molecule has 32 valence electrons. The molecular formula is C5H6O. The molecule has 0 aromatic heterocycles. The molecule has 6 heavy (non-hydrogen) atoms. The van der Waals surface area contributed by atoms with Gasteiger partial charge in [0, 0.05) is 0 Å². The highest BCUT2D eigenvalue weighted by molar-refractivity contribution is 5.15. The second kappa shape index (κ2) is 2.34. The summed E-state index contributed by atoms with van der Waals surface area (Å²) in [5, 5.41) is 8.29. The van der Waals surface area contributed by atoms with E-state index >= 15 is 0 Å². The van der Waals surface area contributed by atoms with Gasteiger partial charge in [0.1, 0.15) is 0 Å². The minimum Gasteiger partial charge on any atom is -0.501 e. The van der Waals surface area contributed by atoms with E-state index in [0.717, 1.165) is 0 Å². The van der Waals surface area contributed by atoms with Crippen LogP contribution in [0.5, 0.6) is 0 Å². The van der Waals surface area contributed by atoms with Crippen LogP contribution in [0.15, 0.2) is 11.8 Å². The SMILES string of the molecule is C#CC(O)=CC. The van der Waals surface area contributed by atoms with Crippen LogP contribution >= 0.6 is 0 Å². The van der Waals surface area contributed by atoms with Gasteiger partial charge < -0.3 is 5.11 Å². The van der Waals surface area contributed by atoms with Crippen LogP contribution in [0.1, 0.15) is 6.92 Å². The lowest BCUT2D eigenvalue weighted by Gasteiger charge is -1.75. The predicted octanol–water partition coefficient (Wildman–Crippen LogP) is 1.08. The summed E-state index contributed by atoms with van der Waals surface area (Å²) in [5.74, 6) is 2.03. The Morgan fingerprint density at radius 2 is 2.50 bits per heavy atom. The van der Waals surface area contributed by atoms with Crippen molar-refractivity contribution in [3.63, 3.8) is 0 Å². The van der Waals surface area contributed by atoms with E-state index < -0.39 is 0 Å². The van der Waals surface area contributed by atoms with Gasteiger partial charge in [-0.05, 0) is 18.9 Å². The van der Waals surface area contributed by atoms with Gasteiger partial charge in [0.25, 0.3) is 0 Å². The fourth-order valence-corrected chi connectivity index (χ4v) is 0.0833. The second-order valence-corrected chi connectivity index (χ2v) is 0.818. The number of aliphatic hydroxyl groups is 1. The maximum absolute atomic E-state index is 8.29. The summed E-state index contributed by atoms with van der Waals surface area (Å²) >= 11 is 0. The first-order chi connectivity index (χ1) is 2.81. The van der Waals surface area contributed by atoms with E-state index in [1.807, 2.05) is 5.92 Å². The molecule has 0 radical (unpaired) electrons. The molecule has 0 saturated heterocycles. The fraction of sp³-hybridized carbons (Fsp3) is 0.200. The van der Waals surface area contributed by atoms with Gasteiger partial charge in [0.2, 0.25) is 0 Å². The van der Waals surface area contributed by atoms with E-state index in [2.05, 4.69) is 0 Å². The van der Waals surface area contributed by atoms with Crippen LogP contribution in [-0.2, 0) is 0 Å². The van der Waals surface area contributed by atoms with Gasteiger partial charge in [-0.3, -0.25) is 0 Å². The van der Waals surface area contributed by atoms with E-state index in [9.17, 15) is 0 Å². The van der Waals surface area contributed by atoms with Gasteiger partial charge in [0.15, 0.2) is 5.76 Å². The van der Waals surface area contributed by atoms with Crippen LogP contribution in [0.2, 0.25) is 0 Å². The van der Waals surface area contributed by atoms with Crippen molar-refractivity contribution in [2.24, 2.45) is 0 Å². The first-order valence-electron chi connectivity index (χ1n) is 1.63. The zero-order chi connectivity index (χ0) is 4.99. The van der Waals surface area contributed by atoms with E-state index in [0.29, 0.717) is 0 Å². The molecular weight excluding hydrogens is 76.1 g/mol. The van der Waals surface area contributed by atoms with Crippen molar-refractivity contribution in [1.29, 1.82) is 0 Å². The third-order valence-electron chi connectivity index (χ3n) is 0.421. The highest BCUT2D eigenvalue weighted by atomic mass is 16.3. The van der Waals surface area contributed by atoms with Crippen molar-refractivity contribution in [2.45, 2.75) is 6.92 Å². The third kappa shape index (κ3) is 1.42. The van der Waals surface area contributed by atoms with Gasteiger partial charge >= 0.3 is 0 Å². The average molecular weight is 82.1 g/mol. The minimum atomic E-state index is -0.00463. The van der Waals surface area contributed by atoms with Crippen molar-refractivity contribution >= 4 is 0 Å². The smallest absolute Gasteiger partial charge is 0.162 e. The Morgan fingerprint density at radius 3 is 2.50 bits per heavy atom. The maximum atomic E-state index is 8.29. The van der Waals surface area contributed by atoms with E-state index in [4.69, 9.17) is 11.5 Å². The molecule has 1 nitrogen and oxygen atoms in total. The van der Waals surface area contributed by atoms with E-state index in [-0.39, 0.29) is 5.76 Å². The summed E-state index contributed by atoms with van der Waals surface area (Å²) in [6, 6.07) is 0. The second-order valence-electron chi connectivity index (χ2n) is 0.818. The molecule has 0 atom stereocenters. The van der Waals surface area contributed by atoms with Crippen molar-refractivity contribution < 1.29 is 5.11 Å². The lowest BCUT2D eigenvalue weighted by atomic mass is 10.5. The quantitative estimate of drug-likeness (QED) is 0.342. The van der Waals surface area contributed by atoms with Gasteiger partial charge in [-0.15, -0.1) is 6.42 Å². The van der Waals surface area contributed by atoms with Crippen LogP contribution in [-0.4, -0.2) is 5.11 Å². The van der Waals surface area contributed by atoms with E-state index in [1.165, 1.54) is 6.08 Å². The third-order valence-corrected chi connectivity index (χ3v) is 0.421. The molecule has 0 aromatic carbocycles. The Kier molecular flexibility index (Phi) is 1.99. The Bertz CT molecular complexity index is 95.0. The Labute approximate surface area is 37.3 Å². The first kappa shape index (κ1) is 5.10. The van der Waals surface area contributed by atoms with Crippen LogP contribution in [0, 0.1) is 12.3 Å². The van der Waals surface area contributed by atoms with Gasteiger partial charge in [-0.25, -0.2) is 0 Å². The van der Waals surface area contributed by atoms with Crippen molar-refractivity contribution in [2.75, 3.05) is 0 Å². The van der Waals surface area contributed by atoms with Crippen molar-refractivity contribution in [1.82, 2.24) is 0 Å². The lowest BCUT2D eigenvalue weighted by Crippen LogP contribution is -1.66. The molecule has 0 saturated carbocycles. The molecule has 1 heteroatoms. The van der Waals surface area contributed by atoms with Crippen LogP contribution < -0.4 is 0 Å². The zero-order valence-corrected chi connectivity index (χ0v) is 3.60. The highest BCUT2D eigenvalue weighted by Crippen LogP contribution is 1.77. The molecule has 0 rings (SSSR count). The normalized spacial score (nSPS) is 10.3. The standard InChI is InChI=1S/C5H6O/c1-3-5(6)4-2/h1,4,6H,2H3. The van der Waals surface area contributed by atoms with E-state index in [1.54, 1.807) is 6.92 Å². The molecule has 0 amide bonds. The van der Waals surface area contributed by atoms with Crippen LogP contribution in [0.25, 0.3) is 0 Å². The molecule has 0 aliphatic carbocycles. The molecule has 0 unspecified atom stereocenters. The zero-order valence-electron chi connectivity index (χ0n) is 3.60. The minimum absolute atomic E-state index is 0.00463. The molecule has 0 aliphatic rings. The molecule has 1 N–H and O–H groups in total. The number of hydrogen-bond donors (Lipinski definition) is 1. The topological polar surface area (TPSA) is 20.2 Å². The largest absolute Gasteiger partial charge is 0.501 e. The molecule has 0 aliphatic heterocycles. The van der Waals surface area contributed by atoms with Crippen molar-refractivity contribution in [3.8, 4) is 12.3 Å². The van der Waals surface area contributed by atoms with Crippen LogP contribution in [0.3, 0.4) is 0 Å². The van der Waals surface area contributed by atoms with Gasteiger partial charge in [0.05, 0.1) is 0 Å². The Hall–Kier alpha value is -0.900. The number of hydrogen-bond acceptors (Lipinski definition) is 1. The summed E-state index contributed by atoms with van der Waals surface area (Å²) in [6.07, 6.45) is 6.17. The van der Waals surface area contributed by atoms with Gasteiger partial charge in [-0.2, -0.15) is 0 Å². The highest BCUT2D eigenvalue weighted by Gasteiger charge is 1.70. The number of aliphatic hydroxyl groups excluding tert-OH is 1. The summed E-state index contributed by atoms with van der Waals surface area (Å²) in [6.45, 7) is 1.68. The monoisotopic (exact) mass is 82.0 g/mol. The summed E-state index contributed by atoms with van der Waals surface area (Å²) in [5.41, 5.74) is 0.